The van der Waals surface area contributed by atoms with Crippen molar-refractivity contribution in [2.75, 3.05) is 33.9 Å². The molecular formula is C17H26N2O3. The molecule has 2 rings (SSSR count). The van der Waals surface area contributed by atoms with Crippen molar-refractivity contribution < 1.29 is 14.3 Å². The summed E-state index contributed by atoms with van der Waals surface area (Å²) in [4.78, 5) is 14.3. The molecular weight excluding hydrogens is 280 g/mol. The molecule has 0 aromatic heterocycles. The van der Waals surface area contributed by atoms with Gasteiger partial charge in [0.25, 0.3) is 0 Å². The van der Waals surface area contributed by atoms with Crippen LogP contribution in [-0.4, -0.2) is 50.7 Å². The molecule has 0 radical (unpaired) electrons. The Morgan fingerprint density at radius 1 is 1.41 bits per heavy atom. The molecule has 5 heteroatoms. The predicted octanol–water partition coefficient (Wildman–Crippen LogP) is 1.98. The maximum Gasteiger partial charge on any atom is 0.226 e. The fourth-order valence-corrected chi connectivity index (χ4v) is 2.90. The number of methoxy groups -OCH3 is 1. The fraction of sp³-hybridized carbons (Fsp3) is 0.588. The molecule has 0 saturated carbocycles. The molecule has 1 aliphatic heterocycles. The van der Waals surface area contributed by atoms with E-state index in [0.717, 1.165) is 31.5 Å². The van der Waals surface area contributed by atoms with Gasteiger partial charge in [0.1, 0.15) is 0 Å². The summed E-state index contributed by atoms with van der Waals surface area (Å²) < 4.78 is 11.0. The number of hydrogen-bond acceptors (Lipinski definition) is 4. The number of ether oxygens (including phenoxy) is 2. The second-order valence-corrected chi connectivity index (χ2v) is 5.69. The highest BCUT2D eigenvalue weighted by atomic mass is 16.5. The summed E-state index contributed by atoms with van der Waals surface area (Å²) in [6.45, 7) is 4.10. The Balaban J connectivity index is 1.84. The van der Waals surface area contributed by atoms with Crippen molar-refractivity contribution >= 4 is 5.91 Å². The highest BCUT2D eigenvalue weighted by Gasteiger charge is 2.27. The number of carbonyl (C=O) groups is 1. The Bertz CT molecular complexity index is 505. The average molecular weight is 306 g/mol. The molecule has 1 aromatic rings. The lowest BCUT2D eigenvalue weighted by Gasteiger charge is -2.24. The molecule has 122 valence electrons. The molecule has 0 aliphatic carbocycles. The molecule has 22 heavy (non-hydrogen) atoms. The van der Waals surface area contributed by atoms with Crippen molar-refractivity contribution in [1.29, 1.82) is 0 Å². The topological polar surface area (TPSA) is 50.8 Å². The molecule has 0 unspecified atom stereocenters. The van der Waals surface area contributed by atoms with Crippen LogP contribution in [0.3, 0.4) is 0 Å². The summed E-state index contributed by atoms with van der Waals surface area (Å²) >= 11 is 0. The van der Waals surface area contributed by atoms with Crippen LogP contribution in [0, 0.1) is 6.92 Å². The third kappa shape index (κ3) is 4.13. The van der Waals surface area contributed by atoms with E-state index in [9.17, 15) is 4.79 Å². The van der Waals surface area contributed by atoms with Crippen molar-refractivity contribution in [3.63, 3.8) is 0 Å². The molecule has 0 bridgehead atoms. The summed E-state index contributed by atoms with van der Waals surface area (Å²) in [7, 11) is 3.55. The summed E-state index contributed by atoms with van der Waals surface area (Å²) in [5.74, 6) is 1.57. The first kappa shape index (κ1) is 16.6. The Morgan fingerprint density at radius 3 is 2.95 bits per heavy atom. The fourth-order valence-electron chi connectivity index (χ4n) is 2.90. The van der Waals surface area contributed by atoms with Gasteiger partial charge >= 0.3 is 0 Å². The third-order valence-corrected chi connectivity index (χ3v) is 4.03. The molecule has 1 fully saturated rings. The van der Waals surface area contributed by atoms with Crippen molar-refractivity contribution in [1.82, 2.24) is 10.2 Å². The second-order valence-electron chi connectivity index (χ2n) is 5.69. The summed E-state index contributed by atoms with van der Waals surface area (Å²) in [5.41, 5.74) is 1.12. The molecule has 1 amide bonds. The zero-order chi connectivity index (χ0) is 15.9. The van der Waals surface area contributed by atoms with Crippen LogP contribution in [0.4, 0.5) is 0 Å². The largest absolute Gasteiger partial charge is 0.493 e. The maximum atomic E-state index is 12.3. The number of carbonyl (C=O) groups excluding carboxylic acids is 1. The Morgan fingerprint density at radius 2 is 2.23 bits per heavy atom. The van der Waals surface area contributed by atoms with Gasteiger partial charge in [0, 0.05) is 19.1 Å². The van der Waals surface area contributed by atoms with Crippen LogP contribution in [-0.2, 0) is 4.79 Å². The van der Waals surface area contributed by atoms with E-state index in [1.807, 2.05) is 37.1 Å². The van der Waals surface area contributed by atoms with E-state index in [4.69, 9.17) is 9.47 Å². The number of amides is 1. The van der Waals surface area contributed by atoms with Crippen LogP contribution in [0.5, 0.6) is 11.5 Å². The quantitative estimate of drug-likeness (QED) is 0.837. The monoisotopic (exact) mass is 306 g/mol. The van der Waals surface area contributed by atoms with Crippen molar-refractivity contribution in [3.8, 4) is 11.5 Å². The van der Waals surface area contributed by atoms with E-state index < -0.39 is 0 Å². The number of rotatable bonds is 7. The Kier molecular flexibility index (Phi) is 6.07. The van der Waals surface area contributed by atoms with Crippen LogP contribution in [0.25, 0.3) is 0 Å². The minimum Gasteiger partial charge on any atom is -0.493 e. The number of hydrogen-bond donors (Lipinski definition) is 1. The SMILES string of the molecule is CNC[C@@H]1CCCN1C(=O)CCOc1ccc(C)cc1OC. The van der Waals surface area contributed by atoms with Crippen LogP contribution in [0.15, 0.2) is 18.2 Å². The number of aryl methyl sites for hydroxylation is 1. The lowest BCUT2D eigenvalue weighted by molar-refractivity contribution is -0.132. The van der Waals surface area contributed by atoms with Gasteiger partial charge in [0.15, 0.2) is 11.5 Å². The van der Waals surface area contributed by atoms with Crippen LogP contribution >= 0.6 is 0 Å². The van der Waals surface area contributed by atoms with Crippen molar-refractivity contribution in [2.45, 2.75) is 32.2 Å². The normalized spacial score (nSPS) is 17.6. The summed E-state index contributed by atoms with van der Waals surface area (Å²) in [6, 6.07) is 6.12. The second kappa shape index (κ2) is 8.03. The number of nitrogens with zero attached hydrogens (tertiary/aromatic N) is 1. The lowest BCUT2D eigenvalue weighted by atomic mass is 10.2. The van der Waals surface area contributed by atoms with Crippen molar-refractivity contribution in [3.05, 3.63) is 23.8 Å². The standard InChI is InChI=1S/C17H26N2O3/c1-13-6-7-15(16(11-13)21-3)22-10-8-17(20)19-9-4-5-14(19)12-18-2/h6-7,11,14,18H,4-5,8-10,12H2,1-3H3/t14-/m0/s1. The van der Waals surface area contributed by atoms with Crippen LogP contribution < -0.4 is 14.8 Å². The Hall–Kier alpha value is -1.75. The van der Waals surface area contributed by atoms with Crippen molar-refractivity contribution in [2.24, 2.45) is 0 Å². The van der Waals surface area contributed by atoms with E-state index in [-0.39, 0.29) is 5.91 Å². The summed E-state index contributed by atoms with van der Waals surface area (Å²) in [6.07, 6.45) is 2.57. The third-order valence-electron chi connectivity index (χ3n) is 4.03. The van der Waals surface area contributed by atoms with Gasteiger partial charge in [-0.3, -0.25) is 4.79 Å². The van der Waals surface area contributed by atoms with Crippen LogP contribution in [0.1, 0.15) is 24.8 Å². The van der Waals surface area contributed by atoms with E-state index in [1.165, 1.54) is 0 Å². The zero-order valence-electron chi connectivity index (χ0n) is 13.7. The van der Waals surface area contributed by atoms with E-state index in [0.29, 0.717) is 30.6 Å². The minimum absolute atomic E-state index is 0.170. The van der Waals surface area contributed by atoms with Gasteiger partial charge < -0.3 is 19.7 Å². The highest BCUT2D eigenvalue weighted by molar-refractivity contribution is 5.77. The number of likely N-dealkylation sites (tertiary alicyclic amines) is 1. The van der Waals surface area contributed by atoms with Gasteiger partial charge in [0.05, 0.1) is 20.1 Å². The van der Waals surface area contributed by atoms with E-state index >= 15 is 0 Å². The first-order chi connectivity index (χ1) is 10.7. The van der Waals surface area contributed by atoms with Gasteiger partial charge in [-0.25, -0.2) is 0 Å². The highest BCUT2D eigenvalue weighted by Crippen LogP contribution is 2.28. The van der Waals surface area contributed by atoms with Gasteiger partial charge in [-0.1, -0.05) is 6.07 Å². The molecule has 1 N–H and O–H groups in total. The maximum absolute atomic E-state index is 12.3. The zero-order valence-corrected chi connectivity index (χ0v) is 13.7. The minimum atomic E-state index is 0.170. The van der Waals surface area contributed by atoms with Gasteiger partial charge in [-0.05, 0) is 44.5 Å². The molecule has 5 nitrogen and oxygen atoms in total. The predicted molar refractivity (Wildman–Crippen MR) is 86.5 cm³/mol. The van der Waals surface area contributed by atoms with Gasteiger partial charge in [-0.2, -0.15) is 0 Å². The van der Waals surface area contributed by atoms with E-state index in [2.05, 4.69) is 5.32 Å². The first-order valence-electron chi connectivity index (χ1n) is 7.87. The summed E-state index contributed by atoms with van der Waals surface area (Å²) in [5, 5.41) is 3.16. The number of benzene rings is 1. The van der Waals surface area contributed by atoms with Crippen LogP contribution in [0.2, 0.25) is 0 Å². The van der Waals surface area contributed by atoms with Gasteiger partial charge in [-0.15, -0.1) is 0 Å². The molecule has 1 aliphatic rings. The van der Waals surface area contributed by atoms with E-state index in [1.54, 1.807) is 7.11 Å². The Labute approximate surface area is 132 Å². The molecule has 1 atom stereocenters. The molecule has 1 saturated heterocycles. The average Bonchev–Trinajstić information content (AvgIpc) is 2.97. The smallest absolute Gasteiger partial charge is 0.226 e. The van der Waals surface area contributed by atoms with Gasteiger partial charge in [0.2, 0.25) is 5.91 Å². The first-order valence-corrected chi connectivity index (χ1v) is 7.87. The lowest BCUT2D eigenvalue weighted by Crippen LogP contribution is -2.41. The molecule has 1 heterocycles. The molecule has 0 spiro atoms. The number of likely N-dealkylation sites (N-methyl/N-ethyl adjacent to an activating group) is 1. The number of nitrogens with one attached hydrogen (secondary N) is 1. The molecule has 1 aromatic carbocycles.